The van der Waals surface area contributed by atoms with Crippen LogP contribution in [-0.2, 0) is 6.61 Å². The Labute approximate surface area is 162 Å². The third-order valence-corrected chi connectivity index (χ3v) is 4.59. The predicted octanol–water partition coefficient (Wildman–Crippen LogP) is 2.96. The number of nitrogens with one attached hydrogen (secondary N) is 2. The number of aromatic carboxylic acids is 1. The van der Waals surface area contributed by atoms with Gasteiger partial charge in [-0.2, -0.15) is 0 Å². The Hall–Kier alpha value is -3.29. The number of carbonyl (C=O) groups is 1. The van der Waals surface area contributed by atoms with E-state index in [4.69, 9.17) is 9.84 Å². The second kappa shape index (κ2) is 8.16. The van der Waals surface area contributed by atoms with Crippen molar-refractivity contribution < 1.29 is 14.6 Å². The number of hydrazine groups is 1. The highest BCUT2D eigenvalue weighted by atomic mass is 16.5. The van der Waals surface area contributed by atoms with Gasteiger partial charge in [-0.05, 0) is 42.3 Å². The van der Waals surface area contributed by atoms with E-state index in [9.17, 15) is 4.79 Å². The summed E-state index contributed by atoms with van der Waals surface area (Å²) in [6.07, 6.45) is 4.12. The molecule has 3 heterocycles. The van der Waals surface area contributed by atoms with Gasteiger partial charge >= 0.3 is 5.97 Å². The highest BCUT2D eigenvalue weighted by molar-refractivity contribution is 5.87. The number of hydrogen-bond acceptors (Lipinski definition) is 6. The minimum atomic E-state index is -0.985. The summed E-state index contributed by atoms with van der Waals surface area (Å²) in [6, 6.07) is 15.2. The van der Waals surface area contributed by atoms with Crippen LogP contribution in [0.15, 0.2) is 60.9 Å². The lowest BCUT2D eigenvalue weighted by molar-refractivity contribution is 0.0696. The van der Waals surface area contributed by atoms with Crippen molar-refractivity contribution >= 4 is 5.97 Å². The van der Waals surface area contributed by atoms with E-state index < -0.39 is 5.97 Å². The number of carboxylic acids is 1. The molecule has 7 nitrogen and oxygen atoms in total. The Kier molecular flexibility index (Phi) is 5.27. The van der Waals surface area contributed by atoms with Crippen molar-refractivity contribution in [3.63, 3.8) is 0 Å². The van der Waals surface area contributed by atoms with Crippen LogP contribution in [0.2, 0.25) is 0 Å². The second-order valence-corrected chi connectivity index (χ2v) is 6.56. The van der Waals surface area contributed by atoms with Crippen molar-refractivity contribution in [2.75, 3.05) is 6.54 Å². The van der Waals surface area contributed by atoms with Crippen LogP contribution < -0.4 is 15.6 Å². The zero-order chi connectivity index (χ0) is 19.3. The molecule has 0 radical (unpaired) electrons. The Morgan fingerprint density at radius 3 is 2.75 bits per heavy atom. The van der Waals surface area contributed by atoms with Crippen LogP contribution in [-0.4, -0.2) is 27.6 Å². The van der Waals surface area contributed by atoms with Crippen LogP contribution in [0.5, 0.6) is 5.75 Å². The molecule has 0 saturated carbocycles. The number of carboxylic acid groups (broad SMARTS) is 1. The molecule has 0 amide bonds. The van der Waals surface area contributed by atoms with Gasteiger partial charge in [0.2, 0.25) is 0 Å². The van der Waals surface area contributed by atoms with Gasteiger partial charge in [0.1, 0.15) is 12.4 Å². The van der Waals surface area contributed by atoms with Gasteiger partial charge in [0.05, 0.1) is 29.2 Å². The fraction of sp³-hybridized carbons (Fsp3) is 0.190. The molecule has 0 aliphatic carbocycles. The molecule has 7 heteroatoms. The summed E-state index contributed by atoms with van der Waals surface area (Å²) in [5.74, 6) is -0.273. The maximum absolute atomic E-state index is 11.0. The van der Waals surface area contributed by atoms with Crippen molar-refractivity contribution in [2.45, 2.75) is 19.1 Å². The van der Waals surface area contributed by atoms with Crippen LogP contribution in [0.1, 0.15) is 34.1 Å². The average molecular weight is 376 g/mol. The van der Waals surface area contributed by atoms with Gasteiger partial charge in [0.15, 0.2) is 0 Å². The summed E-state index contributed by atoms with van der Waals surface area (Å²) in [4.78, 5) is 19.7. The highest BCUT2D eigenvalue weighted by Gasteiger charge is 2.16. The van der Waals surface area contributed by atoms with Gasteiger partial charge in [-0.3, -0.25) is 15.4 Å². The minimum absolute atomic E-state index is 0.169. The van der Waals surface area contributed by atoms with Crippen molar-refractivity contribution in [1.29, 1.82) is 0 Å². The van der Waals surface area contributed by atoms with Gasteiger partial charge in [0.25, 0.3) is 0 Å². The number of hydrogen-bond donors (Lipinski definition) is 3. The van der Waals surface area contributed by atoms with Gasteiger partial charge in [-0.1, -0.05) is 18.2 Å². The molecule has 1 fully saturated rings. The highest BCUT2D eigenvalue weighted by Crippen LogP contribution is 2.21. The smallest absolute Gasteiger partial charge is 0.337 e. The quantitative estimate of drug-likeness (QED) is 0.609. The second-order valence-electron chi connectivity index (χ2n) is 6.56. The van der Waals surface area contributed by atoms with Crippen LogP contribution in [0, 0.1) is 0 Å². The number of pyridine rings is 2. The first-order valence-electron chi connectivity index (χ1n) is 9.05. The number of ether oxygens (including phenoxy) is 1. The maximum atomic E-state index is 11.0. The molecule has 4 rings (SSSR count). The Balaban J connectivity index is 1.41. The molecule has 0 bridgehead atoms. The molecule has 28 heavy (non-hydrogen) atoms. The van der Waals surface area contributed by atoms with Crippen LogP contribution >= 0.6 is 0 Å². The van der Waals surface area contributed by atoms with E-state index in [0.29, 0.717) is 12.4 Å². The molecule has 1 atom stereocenters. The van der Waals surface area contributed by atoms with Gasteiger partial charge in [-0.25, -0.2) is 10.2 Å². The maximum Gasteiger partial charge on any atom is 0.337 e. The summed E-state index contributed by atoms with van der Waals surface area (Å²) in [5, 5.41) is 8.98. The van der Waals surface area contributed by atoms with Gasteiger partial charge < -0.3 is 9.84 Å². The molecule has 2 aromatic heterocycles. The summed E-state index contributed by atoms with van der Waals surface area (Å²) >= 11 is 0. The lowest BCUT2D eigenvalue weighted by Crippen LogP contribution is -2.25. The van der Waals surface area contributed by atoms with E-state index in [1.165, 1.54) is 6.20 Å². The fourth-order valence-corrected chi connectivity index (χ4v) is 3.07. The number of benzene rings is 1. The molecular weight excluding hydrogens is 356 g/mol. The zero-order valence-corrected chi connectivity index (χ0v) is 15.1. The fourth-order valence-electron chi connectivity index (χ4n) is 3.07. The third kappa shape index (κ3) is 4.16. The summed E-state index contributed by atoms with van der Waals surface area (Å²) < 4.78 is 5.85. The normalized spacial score (nSPS) is 16.1. The van der Waals surface area contributed by atoms with E-state index >= 15 is 0 Å². The molecule has 1 unspecified atom stereocenters. The van der Waals surface area contributed by atoms with Crippen LogP contribution in [0.4, 0.5) is 0 Å². The van der Waals surface area contributed by atoms with Crippen LogP contribution in [0.3, 0.4) is 0 Å². The Morgan fingerprint density at radius 2 is 2.07 bits per heavy atom. The molecule has 1 aliphatic heterocycles. The first-order chi connectivity index (χ1) is 13.7. The molecule has 3 aromatic rings. The van der Waals surface area contributed by atoms with Crippen molar-refractivity contribution in [3.8, 4) is 17.0 Å². The Morgan fingerprint density at radius 1 is 1.14 bits per heavy atom. The molecule has 1 aliphatic rings. The van der Waals surface area contributed by atoms with Crippen molar-refractivity contribution in [3.05, 3.63) is 77.7 Å². The average Bonchev–Trinajstić information content (AvgIpc) is 3.28. The van der Waals surface area contributed by atoms with E-state index in [-0.39, 0.29) is 11.6 Å². The summed E-state index contributed by atoms with van der Waals surface area (Å²) in [6.45, 7) is 1.35. The third-order valence-electron chi connectivity index (χ3n) is 4.59. The summed E-state index contributed by atoms with van der Waals surface area (Å²) in [5.41, 5.74) is 10.1. The lowest BCUT2D eigenvalue weighted by atomic mass is 10.1. The van der Waals surface area contributed by atoms with E-state index in [1.807, 2.05) is 36.4 Å². The van der Waals surface area contributed by atoms with Crippen LogP contribution in [0.25, 0.3) is 11.3 Å². The van der Waals surface area contributed by atoms with Gasteiger partial charge in [0, 0.05) is 18.3 Å². The van der Waals surface area contributed by atoms with Gasteiger partial charge in [-0.15, -0.1) is 0 Å². The summed E-state index contributed by atoms with van der Waals surface area (Å²) in [7, 11) is 0. The largest absolute Gasteiger partial charge is 0.487 e. The monoisotopic (exact) mass is 376 g/mol. The molecule has 0 spiro atoms. The molecule has 3 N–H and O–H groups in total. The first-order valence-corrected chi connectivity index (χ1v) is 9.05. The number of aromatic nitrogens is 2. The SMILES string of the molecule is O=C(O)c1ccc(-c2cccc(COc3ccc(C4CCNN4)nc3)c2)nc1. The van der Waals surface area contributed by atoms with E-state index in [2.05, 4.69) is 20.8 Å². The van der Waals surface area contributed by atoms with Crippen molar-refractivity contribution in [1.82, 2.24) is 20.8 Å². The zero-order valence-electron chi connectivity index (χ0n) is 15.1. The Bertz CT molecular complexity index is 952. The lowest BCUT2D eigenvalue weighted by Gasteiger charge is -2.11. The minimum Gasteiger partial charge on any atom is -0.487 e. The number of nitrogens with zero attached hydrogens (tertiary/aromatic N) is 2. The standard InChI is InChI=1S/C21H20N4O3/c26-21(27)16-4-6-18(22-11-16)15-3-1-2-14(10-15)13-28-17-5-7-19(23-12-17)20-8-9-24-25-20/h1-7,10-12,20,24-25H,8-9,13H2,(H,26,27). The van der Waals surface area contributed by atoms with E-state index in [0.717, 1.165) is 35.5 Å². The molecule has 142 valence electrons. The van der Waals surface area contributed by atoms with Crippen molar-refractivity contribution in [2.24, 2.45) is 0 Å². The first kappa shape index (κ1) is 18.1. The number of rotatable bonds is 6. The molecule has 1 saturated heterocycles. The van der Waals surface area contributed by atoms with E-state index in [1.54, 1.807) is 18.3 Å². The molecule has 1 aromatic carbocycles. The molecular formula is C21H20N4O3. The predicted molar refractivity (Wildman–Crippen MR) is 104 cm³/mol. The topological polar surface area (TPSA) is 96.4 Å².